The lowest BCUT2D eigenvalue weighted by molar-refractivity contribution is 0.0632. The molecule has 2 aromatic heterocycles. The van der Waals surface area contributed by atoms with Gasteiger partial charge in [0.2, 0.25) is 0 Å². The molecular formula is C19H21N5O2. The van der Waals surface area contributed by atoms with Crippen LogP contribution in [0, 0.1) is 0 Å². The summed E-state index contributed by atoms with van der Waals surface area (Å²) in [6.07, 6.45) is 1.78. The van der Waals surface area contributed by atoms with Crippen molar-refractivity contribution >= 4 is 22.7 Å². The second kappa shape index (κ2) is 6.01. The quantitative estimate of drug-likeness (QED) is 0.770. The third-order valence-electron chi connectivity index (χ3n) is 4.88. The molecule has 7 nitrogen and oxygen atoms in total. The minimum atomic E-state index is -0.202. The van der Waals surface area contributed by atoms with Crippen LogP contribution in [-0.4, -0.2) is 56.8 Å². The number of imidazole rings is 1. The van der Waals surface area contributed by atoms with Crippen LogP contribution in [0.4, 0.5) is 0 Å². The maximum absolute atomic E-state index is 13.0. The van der Waals surface area contributed by atoms with Crippen LogP contribution in [0.5, 0.6) is 0 Å². The van der Waals surface area contributed by atoms with Gasteiger partial charge in [0, 0.05) is 44.3 Å². The summed E-state index contributed by atoms with van der Waals surface area (Å²) in [6, 6.07) is 9.51. The summed E-state index contributed by atoms with van der Waals surface area (Å²) in [5.41, 5.74) is 1.93. The van der Waals surface area contributed by atoms with Gasteiger partial charge in [0.05, 0.1) is 6.04 Å². The Morgan fingerprint density at radius 1 is 1.23 bits per heavy atom. The Labute approximate surface area is 151 Å². The number of carbonyl (C=O) groups is 2. The molecule has 0 spiro atoms. The standard InChI is InChI=1S/C19H21N5O2/c1-12-17-21-16(18(25)22(2)3)11-23(17)8-9-24(12)19(26)15-10-13-6-4-5-7-14(13)20-15/h4-7,10-12,20H,8-9H2,1-3H3/t12-/m1/s1. The molecule has 0 saturated carbocycles. The van der Waals surface area contributed by atoms with E-state index in [4.69, 9.17) is 0 Å². The van der Waals surface area contributed by atoms with Gasteiger partial charge in [0.1, 0.15) is 17.2 Å². The number of benzene rings is 1. The van der Waals surface area contributed by atoms with E-state index in [0.29, 0.717) is 24.5 Å². The van der Waals surface area contributed by atoms with Gasteiger partial charge in [0.15, 0.2) is 0 Å². The van der Waals surface area contributed by atoms with Crippen molar-refractivity contribution in [3.63, 3.8) is 0 Å². The second-order valence-electron chi connectivity index (χ2n) is 6.82. The number of nitrogens with one attached hydrogen (secondary N) is 1. The molecule has 0 radical (unpaired) electrons. The van der Waals surface area contributed by atoms with E-state index in [1.54, 1.807) is 25.2 Å². The topological polar surface area (TPSA) is 74.2 Å². The third kappa shape index (κ3) is 2.56. The van der Waals surface area contributed by atoms with Gasteiger partial charge in [-0.05, 0) is 19.1 Å². The number of aromatic amines is 1. The van der Waals surface area contributed by atoms with E-state index in [2.05, 4.69) is 9.97 Å². The zero-order valence-electron chi connectivity index (χ0n) is 15.1. The number of hydrogen-bond donors (Lipinski definition) is 1. The van der Waals surface area contributed by atoms with Gasteiger partial charge in [-0.15, -0.1) is 0 Å². The molecular weight excluding hydrogens is 330 g/mol. The minimum absolute atomic E-state index is 0.0524. The number of aromatic nitrogens is 3. The van der Waals surface area contributed by atoms with E-state index in [9.17, 15) is 9.59 Å². The Morgan fingerprint density at radius 3 is 2.73 bits per heavy atom. The predicted octanol–water partition coefficient (Wildman–Crippen LogP) is 2.28. The molecule has 0 bridgehead atoms. The van der Waals surface area contributed by atoms with E-state index >= 15 is 0 Å². The molecule has 2 amide bonds. The van der Waals surface area contributed by atoms with Crippen molar-refractivity contribution < 1.29 is 9.59 Å². The predicted molar refractivity (Wildman–Crippen MR) is 98.0 cm³/mol. The Hall–Kier alpha value is -3.09. The lowest BCUT2D eigenvalue weighted by atomic mass is 10.2. The highest BCUT2D eigenvalue weighted by Crippen LogP contribution is 2.27. The van der Waals surface area contributed by atoms with Gasteiger partial charge >= 0.3 is 0 Å². The SMILES string of the molecule is C[C@@H]1c2nc(C(=O)N(C)C)cn2CCN1C(=O)c1cc2ccccc2[nH]1. The summed E-state index contributed by atoms with van der Waals surface area (Å²) in [6.45, 7) is 3.15. The highest BCUT2D eigenvalue weighted by atomic mass is 16.2. The average Bonchev–Trinajstić information content (AvgIpc) is 3.25. The summed E-state index contributed by atoms with van der Waals surface area (Å²) < 4.78 is 1.97. The van der Waals surface area contributed by atoms with E-state index < -0.39 is 0 Å². The average molecular weight is 351 g/mol. The Bertz CT molecular complexity index is 967. The monoisotopic (exact) mass is 351 g/mol. The lowest BCUT2D eigenvalue weighted by Gasteiger charge is -2.33. The lowest BCUT2D eigenvalue weighted by Crippen LogP contribution is -2.41. The summed E-state index contributed by atoms with van der Waals surface area (Å²) in [7, 11) is 3.41. The fraction of sp³-hybridized carbons (Fsp3) is 0.316. The fourth-order valence-corrected chi connectivity index (χ4v) is 3.44. The molecule has 7 heteroatoms. The summed E-state index contributed by atoms with van der Waals surface area (Å²) in [5.74, 6) is 0.557. The number of hydrogen-bond acceptors (Lipinski definition) is 3. The number of amides is 2. The van der Waals surface area contributed by atoms with Crippen LogP contribution in [0.1, 0.15) is 39.8 Å². The van der Waals surface area contributed by atoms with Gasteiger partial charge in [-0.2, -0.15) is 0 Å². The fourth-order valence-electron chi connectivity index (χ4n) is 3.44. The number of fused-ring (bicyclic) bond motifs is 2. The molecule has 0 unspecified atom stereocenters. The Balaban J connectivity index is 1.63. The first kappa shape index (κ1) is 16.4. The third-order valence-corrected chi connectivity index (χ3v) is 4.88. The summed E-state index contributed by atoms with van der Waals surface area (Å²) in [4.78, 5) is 36.2. The van der Waals surface area contributed by atoms with Gasteiger partial charge in [-0.3, -0.25) is 9.59 Å². The molecule has 3 heterocycles. The van der Waals surface area contributed by atoms with Crippen molar-refractivity contribution in [3.05, 3.63) is 53.7 Å². The van der Waals surface area contributed by atoms with E-state index in [1.807, 2.05) is 41.8 Å². The number of rotatable bonds is 2. The largest absolute Gasteiger partial charge is 0.351 e. The van der Waals surface area contributed by atoms with Gasteiger partial charge < -0.3 is 19.4 Å². The van der Waals surface area contributed by atoms with Crippen LogP contribution in [0.25, 0.3) is 10.9 Å². The highest BCUT2D eigenvalue weighted by Gasteiger charge is 2.32. The second-order valence-corrected chi connectivity index (χ2v) is 6.82. The highest BCUT2D eigenvalue weighted by molar-refractivity contribution is 5.98. The minimum Gasteiger partial charge on any atom is -0.351 e. The van der Waals surface area contributed by atoms with Crippen molar-refractivity contribution in [2.24, 2.45) is 0 Å². The summed E-state index contributed by atoms with van der Waals surface area (Å²) >= 11 is 0. The molecule has 1 aromatic carbocycles. The number of para-hydroxylation sites is 1. The molecule has 1 atom stereocenters. The molecule has 0 fully saturated rings. The van der Waals surface area contributed by atoms with Gasteiger partial charge in [-0.1, -0.05) is 18.2 Å². The molecule has 26 heavy (non-hydrogen) atoms. The molecule has 1 aliphatic heterocycles. The van der Waals surface area contributed by atoms with Crippen LogP contribution >= 0.6 is 0 Å². The van der Waals surface area contributed by atoms with Crippen LogP contribution in [0.2, 0.25) is 0 Å². The molecule has 4 rings (SSSR count). The van der Waals surface area contributed by atoms with Crippen molar-refractivity contribution in [1.82, 2.24) is 24.3 Å². The van der Waals surface area contributed by atoms with Crippen LogP contribution in [0.3, 0.4) is 0 Å². The van der Waals surface area contributed by atoms with E-state index in [0.717, 1.165) is 16.7 Å². The van der Waals surface area contributed by atoms with Crippen LogP contribution in [-0.2, 0) is 6.54 Å². The van der Waals surface area contributed by atoms with E-state index in [1.165, 1.54) is 4.90 Å². The number of carbonyl (C=O) groups excluding carboxylic acids is 2. The Kier molecular flexibility index (Phi) is 3.79. The van der Waals surface area contributed by atoms with Gasteiger partial charge in [0.25, 0.3) is 11.8 Å². The summed E-state index contributed by atoms with van der Waals surface area (Å²) in [5, 5.41) is 1.01. The molecule has 0 aliphatic carbocycles. The van der Waals surface area contributed by atoms with Crippen LogP contribution in [0.15, 0.2) is 36.5 Å². The smallest absolute Gasteiger partial charge is 0.273 e. The zero-order valence-corrected chi connectivity index (χ0v) is 15.1. The molecule has 3 aromatic rings. The number of nitrogens with zero attached hydrogens (tertiary/aromatic N) is 4. The molecule has 0 saturated heterocycles. The van der Waals surface area contributed by atoms with Crippen molar-refractivity contribution in [3.8, 4) is 0 Å². The Morgan fingerprint density at radius 2 is 2.00 bits per heavy atom. The first-order valence-corrected chi connectivity index (χ1v) is 8.63. The molecule has 1 N–H and O–H groups in total. The van der Waals surface area contributed by atoms with Crippen LogP contribution < -0.4 is 0 Å². The van der Waals surface area contributed by atoms with Crippen molar-refractivity contribution in [1.29, 1.82) is 0 Å². The first-order chi connectivity index (χ1) is 12.5. The first-order valence-electron chi connectivity index (χ1n) is 8.63. The molecule has 134 valence electrons. The van der Waals surface area contributed by atoms with Crippen molar-refractivity contribution in [2.45, 2.75) is 19.5 Å². The van der Waals surface area contributed by atoms with Gasteiger partial charge in [-0.25, -0.2) is 4.98 Å². The van der Waals surface area contributed by atoms with E-state index in [-0.39, 0.29) is 17.9 Å². The van der Waals surface area contributed by atoms with Crippen molar-refractivity contribution in [2.75, 3.05) is 20.6 Å². The molecule has 1 aliphatic rings. The normalized spacial score (nSPS) is 16.6. The maximum atomic E-state index is 13.0. The zero-order chi connectivity index (χ0) is 18.4. The maximum Gasteiger partial charge on any atom is 0.273 e. The number of H-pyrrole nitrogens is 1.